The SMILES string of the molecule is Cc1c(-c2ccccc2)oc2c(C(=O)OCC(=O)Nc3ccc(F)cc3[N+](=O)[O-])cccc2c1=O. The third-order valence-electron chi connectivity index (χ3n) is 5.17. The Morgan fingerprint density at radius 1 is 1.09 bits per heavy atom. The van der Waals surface area contributed by atoms with Crippen molar-refractivity contribution in [2.75, 3.05) is 11.9 Å². The molecular formula is C25H17FN2O7. The van der Waals surface area contributed by atoms with Crippen LogP contribution in [0.3, 0.4) is 0 Å². The number of para-hydroxylation sites is 1. The normalized spacial score (nSPS) is 10.7. The molecule has 1 amide bonds. The van der Waals surface area contributed by atoms with Crippen molar-refractivity contribution in [2.45, 2.75) is 6.92 Å². The van der Waals surface area contributed by atoms with Crippen molar-refractivity contribution >= 4 is 34.2 Å². The molecule has 4 aromatic rings. The molecule has 0 aliphatic heterocycles. The fraction of sp³-hybridized carbons (Fsp3) is 0.0800. The van der Waals surface area contributed by atoms with Gasteiger partial charge in [-0.15, -0.1) is 0 Å². The highest BCUT2D eigenvalue weighted by atomic mass is 19.1. The number of esters is 1. The molecule has 0 aliphatic carbocycles. The van der Waals surface area contributed by atoms with Crippen LogP contribution in [0.15, 0.2) is 75.9 Å². The number of nitrogens with one attached hydrogen (secondary N) is 1. The maximum atomic E-state index is 13.3. The zero-order valence-electron chi connectivity index (χ0n) is 18.2. The van der Waals surface area contributed by atoms with E-state index in [1.165, 1.54) is 18.2 Å². The number of anilines is 1. The third kappa shape index (κ3) is 4.76. The van der Waals surface area contributed by atoms with E-state index in [2.05, 4.69) is 5.32 Å². The molecule has 0 saturated heterocycles. The van der Waals surface area contributed by atoms with Crippen molar-refractivity contribution in [2.24, 2.45) is 0 Å². The van der Waals surface area contributed by atoms with Crippen LogP contribution in [0.4, 0.5) is 15.8 Å². The van der Waals surface area contributed by atoms with Gasteiger partial charge in [-0.3, -0.25) is 19.7 Å². The predicted molar refractivity (Wildman–Crippen MR) is 125 cm³/mol. The van der Waals surface area contributed by atoms with E-state index >= 15 is 0 Å². The zero-order valence-corrected chi connectivity index (χ0v) is 18.2. The van der Waals surface area contributed by atoms with E-state index in [4.69, 9.17) is 9.15 Å². The van der Waals surface area contributed by atoms with Crippen LogP contribution in [0.2, 0.25) is 0 Å². The van der Waals surface area contributed by atoms with E-state index in [0.717, 1.165) is 12.1 Å². The van der Waals surface area contributed by atoms with Gasteiger partial charge in [-0.2, -0.15) is 0 Å². The summed E-state index contributed by atoms with van der Waals surface area (Å²) in [5.74, 6) is -2.37. The van der Waals surface area contributed by atoms with Gasteiger partial charge in [0, 0.05) is 11.1 Å². The summed E-state index contributed by atoms with van der Waals surface area (Å²) in [6, 6.07) is 15.9. The molecule has 35 heavy (non-hydrogen) atoms. The molecule has 1 N–H and O–H groups in total. The topological polar surface area (TPSA) is 129 Å². The summed E-state index contributed by atoms with van der Waals surface area (Å²) in [4.78, 5) is 48.1. The monoisotopic (exact) mass is 476 g/mol. The van der Waals surface area contributed by atoms with E-state index in [1.807, 2.05) is 6.07 Å². The van der Waals surface area contributed by atoms with Crippen molar-refractivity contribution in [3.63, 3.8) is 0 Å². The van der Waals surface area contributed by atoms with Gasteiger partial charge in [-0.05, 0) is 31.2 Å². The second-order valence-electron chi connectivity index (χ2n) is 7.48. The first-order chi connectivity index (χ1) is 16.8. The minimum absolute atomic E-state index is 0.00142. The van der Waals surface area contributed by atoms with E-state index < -0.39 is 34.9 Å². The summed E-state index contributed by atoms with van der Waals surface area (Å²) < 4.78 is 24.3. The van der Waals surface area contributed by atoms with Crippen LogP contribution in [0.25, 0.3) is 22.3 Å². The van der Waals surface area contributed by atoms with Crippen molar-refractivity contribution in [1.82, 2.24) is 0 Å². The number of carbonyl (C=O) groups excluding carboxylic acids is 2. The molecular weight excluding hydrogens is 459 g/mol. The van der Waals surface area contributed by atoms with Crippen LogP contribution < -0.4 is 10.7 Å². The Labute approximate surface area is 196 Å². The Balaban J connectivity index is 1.59. The number of nitro benzene ring substituents is 1. The van der Waals surface area contributed by atoms with Gasteiger partial charge in [-0.1, -0.05) is 36.4 Å². The van der Waals surface area contributed by atoms with Gasteiger partial charge in [-0.25, -0.2) is 9.18 Å². The van der Waals surface area contributed by atoms with Crippen LogP contribution in [0, 0.1) is 22.9 Å². The van der Waals surface area contributed by atoms with Gasteiger partial charge in [0.05, 0.1) is 16.4 Å². The summed E-state index contributed by atoms with van der Waals surface area (Å²) in [5.41, 5.74) is -0.275. The molecule has 0 radical (unpaired) electrons. The maximum Gasteiger partial charge on any atom is 0.342 e. The van der Waals surface area contributed by atoms with Crippen molar-refractivity contribution in [1.29, 1.82) is 0 Å². The first kappa shape index (κ1) is 23.3. The second-order valence-corrected chi connectivity index (χ2v) is 7.48. The average Bonchev–Trinajstić information content (AvgIpc) is 2.85. The van der Waals surface area contributed by atoms with E-state index in [0.29, 0.717) is 23.0 Å². The minimum Gasteiger partial charge on any atom is -0.455 e. The Hall–Kier alpha value is -4.86. The van der Waals surface area contributed by atoms with Crippen LogP contribution in [-0.4, -0.2) is 23.4 Å². The number of carbonyl (C=O) groups is 2. The molecule has 0 spiro atoms. The average molecular weight is 476 g/mol. The lowest BCUT2D eigenvalue weighted by Crippen LogP contribution is -2.21. The molecule has 176 valence electrons. The molecule has 4 rings (SSSR count). The van der Waals surface area contributed by atoms with E-state index in [-0.39, 0.29) is 27.6 Å². The van der Waals surface area contributed by atoms with Gasteiger partial charge in [0.25, 0.3) is 11.6 Å². The molecule has 9 nitrogen and oxygen atoms in total. The van der Waals surface area contributed by atoms with Crippen molar-refractivity contribution < 1.29 is 28.1 Å². The number of nitro groups is 1. The number of rotatable bonds is 6. The Morgan fingerprint density at radius 3 is 2.54 bits per heavy atom. The number of nitrogens with zero attached hydrogens (tertiary/aromatic N) is 1. The minimum atomic E-state index is -0.939. The van der Waals surface area contributed by atoms with Crippen molar-refractivity contribution in [3.05, 3.63) is 104 Å². The van der Waals surface area contributed by atoms with E-state index in [9.17, 15) is 28.9 Å². The van der Waals surface area contributed by atoms with Crippen LogP contribution >= 0.6 is 0 Å². The second kappa shape index (κ2) is 9.56. The Morgan fingerprint density at radius 2 is 1.83 bits per heavy atom. The third-order valence-corrected chi connectivity index (χ3v) is 5.17. The molecule has 0 unspecified atom stereocenters. The van der Waals surface area contributed by atoms with Gasteiger partial charge >= 0.3 is 5.97 Å². The van der Waals surface area contributed by atoms with E-state index in [1.54, 1.807) is 31.2 Å². The summed E-state index contributed by atoms with van der Waals surface area (Å²) in [6.07, 6.45) is 0. The standard InChI is InChI=1S/C25H17FN2O7/c1-14-22(30)17-8-5-9-18(24(17)35-23(14)15-6-3-2-4-7-15)25(31)34-13-21(29)27-19-11-10-16(26)12-20(19)28(32)33/h2-12H,13H2,1H3,(H,27,29). The van der Waals surface area contributed by atoms with Gasteiger partial charge < -0.3 is 14.5 Å². The fourth-order valence-electron chi connectivity index (χ4n) is 3.49. The van der Waals surface area contributed by atoms with Crippen LogP contribution in [0.1, 0.15) is 15.9 Å². The highest BCUT2D eigenvalue weighted by Crippen LogP contribution is 2.28. The lowest BCUT2D eigenvalue weighted by molar-refractivity contribution is -0.384. The van der Waals surface area contributed by atoms with Crippen molar-refractivity contribution in [3.8, 4) is 11.3 Å². The first-order valence-electron chi connectivity index (χ1n) is 10.3. The van der Waals surface area contributed by atoms with Crippen LogP contribution in [-0.2, 0) is 9.53 Å². The summed E-state index contributed by atoms with van der Waals surface area (Å²) in [6.45, 7) is 0.836. The Bertz CT molecular complexity index is 1530. The molecule has 0 aliphatic rings. The molecule has 0 fully saturated rings. The summed E-state index contributed by atoms with van der Waals surface area (Å²) >= 11 is 0. The number of ether oxygens (including phenoxy) is 1. The number of hydrogen-bond donors (Lipinski definition) is 1. The van der Waals surface area contributed by atoms with Gasteiger partial charge in [0.1, 0.15) is 22.8 Å². The Kier molecular flexibility index (Phi) is 6.36. The number of benzene rings is 3. The number of amides is 1. The summed E-state index contributed by atoms with van der Waals surface area (Å²) in [7, 11) is 0. The molecule has 10 heteroatoms. The lowest BCUT2D eigenvalue weighted by atomic mass is 10.0. The molecule has 0 bridgehead atoms. The quantitative estimate of drug-likeness (QED) is 0.244. The fourth-order valence-corrected chi connectivity index (χ4v) is 3.49. The molecule has 1 heterocycles. The summed E-state index contributed by atoms with van der Waals surface area (Å²) in [5, 5.41) is 13.5. The lowest BCUT2D eigenvalue weighted by Gasteiger charge is -2.11. The van der Waals surface area contributed by atoms with Gasteiger partial charge in [0.2, 0.25) is 0 Å². The maximum absolute atomic E-state index is 13.3. The zero-order chi connectivity index (χ0) is 25.1. The number of fused-ring (bicyclic) bond motifs is 1. The first-order valence-corrected chi connectivity index (χ1v) is 10.3. The van der Waals surface area contributed by atoms with Gasteiger partial charge in [0.15, 0.2) is 17.6 Å². The molecule has 0 atom stereocenters. The molecule has 3 aromatic carbocycles. The molecule has 0 saturated carbocycles. The highest BCUT2D eigenvalue weighted by molar-refractivity contribution is 6.03. The molecule has 1 aromatic heterocycles. The smallest absolute Gasteiger partial charge is 0.342 e. The highest BCUT2D eigenvalue weighted by Gasteiger charge is 2.21. The largest absolute Gasteiger partial charge is 0.455 e. The number of halogens is 1. The number of hydrogen-bond acceptors (Lipinski definition) is 7. The predicted octanol–water partition coefficient (Wildman–Crippen LogP) is 4.61. The van der Waals surface area contributed by atoms with Crippen LogP contribution in [0.5, 0.6) is 0 Å².